The van der Waals surface area contributed by atoms with E-state index in [1.165, 1.54) is 12.8 Å². The summed E-state index contributed by atoms with van der Waals surface area (Å²) in [5, 5.41) is 6.90. The number of fused-ring (bicyclic) bond motifs is 2. The molecule has 2 saturated heterocycles. The number of rotatable bonds is 6. The van der Waals surface area contributed by atoms with E-state index in [1.807, 2.05) is 7.05 Å². The third kappa shape index (κ3) is 4.73. The van der Waals surface area contributed by atoms with Gasteiger partial charge < -0.3 is 20.3 Å². The average molecular weight is 396 g/mol. The summed E-state index contributed by atoms with van der Waals surface area (Å²) in [5.74, 6) is 0.910. The SMILES string of the molecule is CCN(CC)CCNC(=NC)NC1CC2CCC1O2.I. The lowest BCUT2D eigenvalue weighted by Crippen LogP contribution is -2.48. The summed E-state index contributed by atoms with van der Waals surface area (Å²) in [6.07, 6.45) is 4.43. The van der Waals surface area contributed by atoms with Crippen molar-refractivity contribution in [3.05, 3.63) is 0 Å². The highest BCUT2D eigenvalue weighted by Gasteiger charge is 2.41. The predicted molar refractivity (Wildman–Crippen MR) is 94.0 cm³/mol. The number of ether oxygens (including phenoxy) is 1. The number of halogens is 1. The van der Waals surface area contributed by atoms with E-state index in [1.54, 1.807) is 0 Å². The Morgan fingerprint density at radius 3 is 2.55 bits per heavy atom. The first kappa shape index (κ1) is 18.0. The molecule has 2 heterocycles. The molecule has 118 valence electrons. The first-order valence-electron chi connectivity index (χ1n) is 7.61. The molecule has 2 N–H and O–H groups in total. The fourth-order valence-corrected chi connectivity index (χ4v) is 3.03. The van der Waals surface area contributed by atoms with Crippen molar-refractivity contribution in [3.8, 4) is 0 Å². The highest BCUT2D eigenvalue weighted by Crippen LogP contribution is 2.34. The normalized spacial score (nSPS) is 28.6. The molecule has 2 aliphatic rings. The number of nitrogens with zero attached hydrogens (tertiary/aromatic N) is 2. The van der Waals surface area contributed by atoms with Crippen LogP contribution in [0.2, 0.25) is 0 Å². The van der Waals surface area contributed by atoms with E-state index >= 15 is 0 Å². The zero-order chi connectivity index (χ0) is 13.7. The van der Waals surface area contributed by atoms with Gasteiger partial charge in [-0.1, -0.05) is 13.8 Å². The third-order valence-corrected chi connectivity index (χ3v) is 4.27. The minimum absolute atomic E-state index is 0. The van der Waals surface area contributed by atoms with Gasteiger partial charge in [-0.25, -0.2) is 0 Å². The van der Waals surface area contributed by atoms with E-state index in [4.69, 9.17) is 4.74 Å². The van der Waals surface area contributed by atoms with Crippen LogP contribution in [-0.4, -0.2) is 62.3 Å². The summed E-state index contributed by atoms with van der Waals surface area (Å²) in [6, 6.07) is 0.443. The summed E-state index contributed by atoms with van der Waals surface area (Å²) in [6.45, 7) is 8.59. The topological polar surface area (TPSA) is 48.9 Å². The molecule has 2 rings (SSSR count). The minimum Gasteiger partial charge on any atom is -0.373 e. The van der Waals surface area contributed by atoms with Gasteiger partial charge in [0.15, 0.2) is 5.96 Å². The Kier molecular flexibility index (Phi) is 8.13. The van der Waals surface area contributed by atoms with Gasteiger partial charge in [0.25, 0.3) is 0 Å². The Hall–Kier alpha value is -0.0800. The first-order valence-corrected chi connectivity index (χ1v) is 7.61. The van der Waals surface area contributed by atoms with Crippen LogP contribution in [0, 0.1) is 0 Å². The van der Waals surface area contributed by atoms with Crippen molar-refractivity contribution in [2.45, 2.75) is 51.4 Å². The fraction of sp³-hybridized carbons (Fsp3) is 0.929. The standard InChI is InChI=1S/C14H28N4O.HI/c1-4-18(5-2)9-8-16-14(15-3)17-12-10-11-6-7-13(12)19-11;/h11-13H,4-10H2,1-3H3,(H2,15,16,17);1H. The molecule has 2 bridgehead atoms. The lowest BCUT2D eigenvalue weighted by Gasteiger charge is -2.24. The van der Waals surface area contributed by atoms with Gasteiger partial charge in [0, 0.05) is 20.1 Å². The molecule has 0 aromatic rings. The Labute approximate surface area is 139 Å². The van der Waals surface area contributed by atoms with E-state index in [0.29, 0.717) is 18.2 Å². The Balaban J connectivity index is 0.00000200. The zero-order valence-corrected chi connectivity index (χ0v) is 15.2. The number of guanidine groups is 1. The smallest absolute Gasteiger partial charge is 0.191 e. The maximum atomic E-state index is 5.85. The lowest BCUT2D eigenvalue weighted by atomic mass is 9.96. The molecular weight excluding hydrogens is 367 g/mol. The average Bonchev–Trinajstić information content (AvgIpc) is 3.04. The van der Waals surface area contributed by atoms with Crippen LogP contribution in [0.1, 0.15) is 33.1 Å². The number of likely N-dealkylation sites (N-methyl/N-ethyl adjacent to an activating group) is 1. The van der Waals surface area contributed by atoms with E-state index in [2.05, 4.69) is 34.4 Å². The van der Waals surface area contributed by atoms with Crippen molar-refractivity contribution in [2.75, 3.05) is 33.2 Å². The number of aliphatic imine (C=N–C) groups is 1. The van der Waals surface area contributed by atoms with Crippen molar-refractivity contribution in [1.82, 2.24) is 15.5 Å². The minimum atomic E-state index is 0. The van der Waals surface area contributed by atoms with Gasteiger partial charge in [0.05, 0.1) is 18.2 Å². The molecule has 0 saturated carbocycles. The van der Waals surface area contributed by atoms with Crippen molar-refractivity contribution >= 4 is 29.9 Å². The van der Waals surface area contributed by atoms with Crippen molar-refractivity contribution < 1.29 is 4.74 Å². The van der Waals surface area contributed by atoms with Crippen LogP contribution < -0.4 is 10.6 Å². The first-order chi connectivity index (χ1) is 9.26. The van der Waals surface area contributed by atoms with Gasteiger partial charge in [-0.3, -0.25) is 4.99 Å². The fourth-order valence-electron chi connectivity index (χ4n) is 3.03. The summed E-state index contributed by atoms with van der Waals surface area (Å²) in [5.41, 5.74) is 0. The molecule has 0 amide bonds. The Morgan fingerprint density at radius 1 is 1.30 bits per heavy atom. The van der Waals surface area contributed by atoms with Crippen LogP contribution in [0.3, 0.4) is 0 Å². The van der Waals surface area contributed by atoms with Crippen molar-refractivity contribution in [2.24, 2.45) is 4.99 Å². The molecule has 3 atom stereocenters. The van der Waals surface area contributed by atoms with E-state index in [-0.39, 0.29) is 24.0 Å². The second kappa shape index (κ2) is 9.04. The zero-order valence-electron chi connectivity index (χ0n) is 12.9. The highest BCUT2D eigenvalue weighted by molar-refractivity contribution is 14.0. The van der Waals surface area contributed by atoms with E-state index in [0.717, 1.165) is 38.6 Å². The summed E-state index contributed by atoms with van der Waals surface area (Å²) >= 11 is 0. The van der Waals surface area contributed by atoms with Crippen molar-refractivity contribution in [3.63, 3.8) is 0 Å². The van der Waals surface area contributed by atoms with Crippen LogP contribution in [0.4, 0.5) is 0 Å². The quantitative estimate of drug-likeness (QED) is 0.405. The molecule has 0 aromatic heterocycles. The monoisotopic (exact) mass is 396 g/mol. The second-order valence-electron chi connectivity index (χ2n) is 5.39. The number of hydrogen-bond donors (Lipinski definition) is 2. The van der Waals surface area contributed by atoms with Crippen LogP contribution in [-0.2, 0) is 4.74 Å². The molecule has 5 nitrogen and oxygen atoms in total. The summed E-state index contributed by atoms with van der Waals surface area (Å²) < 4.78 is 5.85. The molecule has 2 aliphatic heterocycles. The number of hydrogen-bond acceptors (Lipinski definition) is 3. The summed E-state index contributed by atoms with van der Waals surface area (Å²) in [4.78, 5) is 6.71. The molecule has 0 aromatic carbocycles. The molecule has 0 spiro atoms. The van der Waals surface area contributed by atoms with Gasteiger partial charge in [-0.05, 0) is 32.4 Å². The molecule has 0 radical (unpaired) electrons. The van der Waals surface area contributed by atoms with Crippen LogP contribution in [0.5, 0.6) is 0 Å². The van der Waals surface area contributed by atoms with Gasteiger partial charge >= 0.3 is 0 Å². The predicted octanol–water partition coefficient (Wildman–Crippen LogP) is 1.43. The highest BCUT2D eigenvalue weighted by atomic mass is 127. The van der Waals surface area contributed by atoms with Crippen LogP contribution in [0.25, 0.3) is 0 Å². The molecule has 20 heavy (non-hydrogen) atoms. The van der Waals surface area contributed by atoms with Gasteiger partial charge in [-0.15, -0.1) is 24.0 Å². The van der Waals surface area contributed by atoms with E-state index < -0.39 is 0 Å². The molecule has 3 unspecified atom stereocenters. The maximum Gasteiger partial charge on any atom is 0.191 e. The van der Waals surface area contributed by atoms with Crippen LogP contribution in [0.15, 0.2) is 4.99 Å². The largest absolute Gasteiger partial charge is 0.373 e. The molecule has 0 aliphatic carbocycles. The molecular formula is C14H29IN4O. The van der Waals surface area contributed by atoms with Crippen LogP contribution >= 0.6 is 24.0 Å². The van der Waals surface area contributed by atoms with Gasteiger partial charge in [0.1, 0.15) is 0 Å². The molecule has 2 fully saturated rings. The van der Waals surface area contributed by atoms with Crippen molar-refractivity contribution in [1.29, 1.82) is 0 Å². The van der Waals surface area contributed by atoms with E-state index in [9.17, 15) is 0 Å². The van der Waals surface area contributed by atoms with Gasteiger partial charge in [-0.2, -0.15) is 0 Å². The Bertz CT molecular complexity index is 310. The number of nitrogens with one attached hydrogen (secondary N) is 2. The van der Waals surface area contributed by atoms with Gasteiger partial charge in [0.2, 0.25) is 0 Å². The second-order valence-corrected chi connectivity index (χ2v) is 5.39. The third-order valence-electron chi connectivity index (χ3n) is 4.27. The lowest BCUT2D eigenvalue weighted by molar-refractivity contribution is 0.0992. The molecule has 6 heteroatoms. The Morgan fingerprint density at radius 2 is 2.05 bits per heavy atom. The maximum absolute atomic E-state index is 5.85. The summed E-state index contributed by atoms with van der Waals surface area (Å²) in [7, 11) is 1.83.